The van der Waals surface area contributed by atoms with Crippen molar-refractivity contribution < 1.29 is 14.6 Å². The molecule has 4 heteroatoms. The minimum atomic E-state index is -1.01. The molecule has 152 valence electrons. The van der Waals surface area contributed by atoms with Crippen LogP contribution >= 0.6 is 11.6 Å². The quantitative estimate of drug-likeness (QED) is 0.407. The molecule has 3 aromatic rings. The molecule has 1 N–H and O–H groups in total. The molecule has 0 aliphatic carbocycles. The van der Waals surface area contributed by atoms with Crippen LogP contribution in [-0.4, -0.2) is 17.7 Å². The number of hydrogen-bond acceptors (Lipinski definition) is 2. The third kappa shape index (κ3) is 4.63. The average molecular weight is 411 g/mol. The molecule has 0 aliphatic rings. The van der Waals surface area contributed by atoms with Gasteiger partial charge in [-0.05, 0) is 64.9 Å². The lowest BCUT2D eigenvalue weighted by Gasteiger charge is -2.23. The van der Waals surface area contributed by atoms with Gasteiger partial charge in [0.05, 0.1) is 0 Å². The monoisotopic (exact) mass is 410 g/mol. The highest BCUT2D eigenvalue weighted by Gasteiger charge is 2.27. The Morgan fingerprint density at radius 1 is 1.10 bits per heavy atom. The van der Waals surface area contributed by atoms with E-state index < -0.39 is 12.1 Å². The van der Waals surface area contributed by atoms with Gasteiger partial charge >= 0.3 is 5.97 Å². The molecule has 0 aromatic heterocycles. The van der Waals surface area contributed by atoms with Gasteiger partial charge in [0.1, 0.15) is 0 Å². The minimum absolute atomic E-state index is 0.417. The van der Waals surface area contributed by atoms with Gasteiger partial charge in [0.15, 0.2) is 6.10 Å². The summed E-state index contributed by atoms with van der Waals surface area (Å²) in [5.41, 5.74) is 4.70. The Bertz CT molecular complexity index is 1010. The molecule has 0 fully saturated rings. The molecule has 0 saturated carbocycles. The number of hydrogen-bond donors (Lipinski definition) is 1. The molecule has 0 spiro atoms. The number of rotatable bonds is 8. The van der Waals surface area contributed by atoms with Gasteiger partial charge in [-0.2, -0.15) is 0 Å². The molecule has 0 saturated heterocycles. The molecular formula is C25H27ClO3. The molecule has 0 amide bonds. The van der Waals surface area contributed by atoms with Crippen molar-refractivity contribution in [2.45, 2.75) is 46.1 Å². The fourth-order valence-electron chi connectivity index (χ4n) is 3.71. The number of aliphatic carboxylic acids is 1. The van der Waals surface area contributed by atoms with E-state index in [4.69, 9.17) is 16.3 Å². The predicted molar refractivity (Wildman–Crippen MR) is 120 cm³/mol. The Kier molecular flexibility index (Phi) is 6.94. The van der Waals surface area contributed by atoms with E-state index in [-0.39, 0.29) is 0 Å². The molecule has 0 heterocycles. The fourth-order valence-corrected chi connectivity index (χ4v) is 3.83. The molecule has 1 unspecified atom stereocenters. The number of halogens is 1. The summed E-state index contributed by atoms with van der Waals surface area (Å²) in [5.74, 6) is -0.967. The summed E-state index contributed by atoms with van der Waals surface area (Å²) in [7, 11) is 0. The normalized spacial score (nSPS) is 12.3. The second kappa shape index (κ2) is 9.43. The number of carbonyl (C=O) groups is 1. The average Bonchev–Trinajstić information content (AvgIpc) is 2.71. The number of fused-ring (bicyclic) bond motifs is 1. The van der Waals surface area contributed by atoms with Crippen LogP contribution in [0.15, 0.2) is 48.5 Å². The van der Waals surface area contributed by atoms with Gasteiger partial charge in [0.25, 0.3) is 0 Å². The number of carboxylic acid groups (broad SMARTS) is 1. The first-order chi connectivity index (χ1) is 14.0. The Balaban J connectivity index is 2.31. The summed E-state index contributed by atoms with van der Waals surface area (Å²) >= 11 is 6.11. The van der Waals surface area contributed by atoms with E-state index in [1.54, 1.807) is 0 Å². The van der Waals surface area contributed by atoms with Crippen LogP contribution in [0, 0.1) is 6.92 Å². The van der Waals surface area contributed by atoms with Crippen molar-refractivity contribution in [2.75, 3.05) is 6.61 Å². The molecule has 0 bridgehead atoms. The van der Waals surface area contributed by atoms with E-state index in [1.165, 1.54) is 5.56 Å². The highest BCUT2D eigenvalue weighted by molar-refractivity contribution is 6.30. The predicted octanol–water partition coefficient (Wildman–Crippen LogP) is 6.97. The zero-order valence-corrected chi connectivity index (χ0v) is 17.9. The van der Waals surface area contributed by atoms with Crippen LogP contribution in [0.2, 0.25) is 5.02 Å². The maximum Gasteiger partial charge on any atom is 0.337 e. The van der Waals surface area contributed by atoms with Crippen molar-refractivity contribution in [3.63, 3.8) is 0 Å². The lowest BCUT2D eigenvalue weighted by Crippen LogP contribution is -2.18. The molecular weight excluding hydrogens is 384 g/mol. The summed E-state index contributed by atoms with van der Waals surface area (Å²) in [4.78, 5) is 12.2. The highest BCUT2D eigenvalue weighted by atomic mass is 35.5. The van der Waals surface area contributed by atoms with Gasteiger partial charge in [-0.25, -0.2) is 4.79 Å². The highest BCUT2D eigenvalue weighted by Crippen LogP contribution is 2.40. The second-order valence-corrected chi connectivity index (χ2v) is 7.78. The van der Waals surface area contributed by atoms with E-state index in [9.17, 15) is 9.90 Å². The van der Waals surface area contributed by atoms with Crippen LogP contribution in [0.3, 0.4) is 0 Å². The summed E-state index contributed by atoms with van der Waals surface area (Å²) < 4.78 is 5.88. The molecule has 29 heavy (non-hydrogen) atoms. The van der Waals surface area contributed by atoms with Crippen LogP contribution in [0.25, 0.3) is 21.9 Å². The van der Waals surface area contributed by atoms with Crippen LogP contribution in [-0.2, 0) is 16.0 Å². The van der Waals surface area contributed by atoms with Gasteiger partial charge in [0, 0.05) is 17.2 Å². The van der Waals surface area contributed by atoms with Crippen molar-refractivity contribution in [2.24, 2.45) is 0 Å². The van der Waals surface area contributed by atoms with E-state index >= 15 is 0 Å². The van der Waals surface area contributed by atoms with Gasteiger partial charge in [0.2, 0.25) is 0 Å². The Labute approximate surface area is 177 Å². The first-order valence-corrected chi connectivity index (χ1v) is 10.5. The zero-order valence-electron chi connectivity index (χ0n) is 17.2. The standard InChI is InChI=1S/C25H27ClO3/c1-4-6-13-29-24(25(27)28)22-16(3)14-19-8-7-17(5-2)15-21(19)23(22)18-9-11-20(26)12-10-18/h7-12,14-15,24H,4-6,13H2,1-3H3,(H,27,28). The second-order valence-electron chi connectivity index (χ2n) is 7.34. The fraction of sp³-hybridized carbons (Fsp3) is 0.320. The van der Waals surface area contributed by atoms with Crippen LogP contribution in [0.5, 0.6) is 0 Å². The molecule has 3 rings (SSSR count). The lowest BCUT2D eigenvalue weighted by molar-refractivity contribution is -0.151. The number of unbranched alkanes of at least 4 members (excludes halogenated alkanes) is 1. The lowest BCUT2D eigenvalue weighted by atomic mass is 9.86. The Hall–Kier alpha value is -2.36. The summed E-state index contributed by atoms with van der Waals surface area (Å²) in [6.45, 7) is 6.55. The van der Waals surface area contributed by atoms with Gasteiger partial charge in [-0.3, -0.25) is 0 Å². The van der Waals surface area contributed by atoms with Crippen molar-refractivity contribution in [1.29, 1.82) is 0 Å². The third-order valence-corrected chi connectivity index (χ3v) is 5.52. The number of carboxylic acids is 1. The van der Waals surface area contributed by atoms with Crippen molar-refractivity contribution in [1.82, 2.24) is 0 Å². The number of aryl methyl sites for hydroxylation is 2. The van der Waals surface area contributed by atoms with Crippen molar-refractivity contribution in [3.8, 4) is 11.1 Å². The van der Waals surface area contributed by atoms with Crippen LogP contribution in [0.1, 0.15) is 49.5 Å². The van der Waals surface area contributed by atoms with Crippen molar-refractivity contribution in [3.05, 3.63) is 70.2 Å². The molecule has 1 atom stereocenters. The van der Waals surface area contributed by atoms with Gasteiger partial charge in [-0.15, -0.1) is 0 Å². The summed E-state index contributed by atoms with van der Waals surface area (Å²) in [6, 6.07) is 16.0. The van der Waals surface area contributed by atoms with Crippen LogP contribution < -0.4 is 0 Å². The van der Waals surface area contributed by atoms with E-state index in [0.29, 0.717) is 11.6 Å². The maximum absolute atomic E-state index is 12.2. The van der Waals surface area contributed by atoms with Crippen molar-refractivity contribution >= 4 is 28.3 Å². The Morgan fingerprint density at radius 3 is 2.45 bits per heavy atom. The first-order valence-electron chi connectivity index (χ1n) is 10.1. The van der Waals surface area contributed by atoms with Gasteiger partial charge in [-0.1, -0.05) is 68.3 Å². The Morgan fingerprint density at radius 2 is 1.83 bits per heavy atom. The third-order valence-electron chi connectivity index (χ3n) is 5.26. The summed E-state index contributed by atoms with van der Waals surface area (Å²) in [5, 5.41) is 12.8. The molecule has 0 radical (unpaired) electrons. The largest absolute Gasteiger partial charge is 0.479 e. The topological polar surface area (TPSA) is 46.5 Å². The smallest absolute Gasteiger partial charge is 0.337 e. The molecule has 3 aromatic carbocycles. The molecule has 0 aliphatic heterocycles. The molecule has 3 nitrogen and oxygen atoms in total. The van der Waals surface area contributed by atoms with Gasteiger partial charge < -0.3 is 9.84 Å². The number of ether oxygens (including phenoxy) is 1. The number of benzene rings is 3. The SMILES string of the molecule is CCCCOC(C(=O)O)c1c(C)cc2ccc(CC)cc2c1-c1ccc(Cl)cc1. The minimum Gasteiger partial charge on any atom is -0.479 e. The van der Waals surface area contributed by atoms with E-state index in [0.717, 1.165) is 52.3 Å². The first kappa shape index (κ1) is 21.4. The van der Waals surface area contributed by atoms with Crippen LogP contribution in [0.4, 0.5) is 0 Å². The zero-order chi connectivity index (χ0) is 21.0. The van der Waals surface area contributed by atoms with E-state index in [1.807, 2.05) is 31.2 Å². The summed E-state index contributed by atoms with van der Waals surface area (Å²) in [6.07, 6.45) is 1.68. The maximum atomic E-state index is 12.2. The van der Waals surface area contributed by atoms with E-state index in [2.05, 4.69) is 38.1 Å².